The number of carbonyl (C=O) groups excluding carboxylic acids is 2. The molecule has 0 radical (unpaired) electrons. The van der Waals surface area contributed by atoms with E-state index in [0.29, 0.717) is 32.1 Å². The SMILES string of the molecule is CC/C=C\C[C@@H](O)/C=C/C=C\C=C\[C@@H](O)C/C=C\C/C=C\CCC(=O)OC[C@H](O)COC(=O)CCCCCCCCCCCCCCCCCC. The van der Waals surface area contributed by atoms with Gasteiger partial charge in [0, 0.05) is 12.8 Å². The maximum Gasteiger partial charge on any atom is 0.306 e. The number of unbranched alkanes of at least 4 members (excludes halogenated alkanes) is 15. The molecule has 3 N–H and O–H groups in total. The maximum absolute atomic E-state index is 12.0. The van der Waals surface area contributed by atoms with Crippen molar-refractivity contribution in [3.63, 3.8) is 0 Å². The van der Waals surface area contributed by atoms with Crippen LogP contribution in [0, 0.1) is 0 Å². The van der Waals surface area contributed by atoms with Gasteiger partial charge in [0.2, 0.25) is 0 Å². The van der Waals surface area contributed by atoms with E-state index in [-0.39, 0.29) is 25.6 Å². The molecule has 0 amide bonds. The molecule has 7 heteroatoms. The van der Waals surface area contributed by atoms with Crippen molar-refractivity contribution >= 4 is 11.9 Å². The zero-order valence-corrected chi connectivity index (χ0v) is 32.3. The Labute approximate surface area is 311 Å². The monoisotopic (exact) mass is 715 g/mol. The summed E-state index contributed by atoms with van der Waals surface area (Å²) in [5, 5.41) is 29.8. The summed E-state index contributed by atoms with van der Waals surface area (Å²) in [5.74, 6) is -0.728. The highest BCUT2D eigenvalue weighted by atomic mass is 16.6. The molecule has 292 valence electrons. The molecule has 51 heavy (non-hydrogen) atoms. The van der Waals surface area contributed by atoms with Gasteiger partial charge in [-0.1, -0.05) is 183 Å². The van der Waals surface area contributed by atoms with Crippen LogP contribution in [0.25, 0.3) is 0 Å². The second-order valence-electron chi connectivity index (χ2n) is 13.4. The minimum absolute atomic E-state index is 0.168. The summed E-state index contributed by atoms with van der Waals surface area (Å²) in [5.41, 5.74) is 0. The fourth-order valence-electron chi connectivity index (χ4n) is 5.29. The molecular formula is C44H74O7. The molecule has 7 nitrogen and oxygen atoms in total. The number of esters is 2. The average Bonchev–Trinajstić information content (AvgIpc) is 3.12. The van der Waals surface area contributed by atoms with Crippen molar-refractivity contribution < 1.29 is 34.4 Å². The first kappa shape index (κ1) is 48.3. The fraction of sp³-hybridized carbons (Fsp3) is 0.682. The first-order valence-electron chi connectivity index (χ1n) is 20.2. The molecule has 0 heterocycles. The third kappa shape index (κ3) is 38.3. The third-order valence-corrected chi connectivity index (χ3v) is 8.39. The van der Waals surface area contributed by atoms with Gasteiger partial charge in [0.05, 0.1) is 12.2 Å². The van der Waals surface area contributed by atoms with Gasteiger partial charge in [-0.3, -0.25) is 9.59 Å². The lowest BCUT2D eigenvalue weighted by Gasteiger charge is -2.12. The Hall–Kier alpha value is -2.74. The molecule has 0 aliphatic carbocycles. The zero-order valence-electron chi connectivity index (χ0n) is 32.3. The second-order valence-corrected chi connectivity index (χ2v) is 13.4. The molecule has 0 unspecified atom stereocenters. The van der Waals surface area contributed by atoms with Crippen LogP contribution in [0.15, 0.2) is 72.9 Å². The van der Waals surface area contributed by atoms with Crippen molar-refractivity contribution in [1.29, 1.82) is 0 Å². The Morgan fingerprint density at radius 1 is 0.510 bits per heavy atom. The van der Waals surface area contributed by atoms with Gasteiger partial charge < -0.3 is 24.8 Å². The molecule has 0 fully saturated rings. The number of hydrogen-bond donors (Lipinski definition) is 3. The molecule has 0 aromatic carbocycles. The van der Waals surface area contributed by atoms with E-state index >= 15 is 0 Å². The number of aliphatic hydroxyl groups excluding tert-OH is 3. The molecule has 0 aromatic heterocycles. The number of aliphatic hydroxyl groups is 3. The molecule has 0 rings (SSSR count). The van der Waals surface area contributed by atoms with Crippen molar-refractivity contribution in [3.8, 4) is 0 Å². The third-order valence-electron chi connectivity index (χ3n) is 8.39. The predicted molar refractivity (Wildman–Crippen MR) is 212 cm³/mol. The standard InChI is InChI=1S/C44H74O7/c1-3-5-7-8-9-10-11-12-13-14-15-16-17-18-22-30-36-43(48)50-38-42(47)39-51-44(49)37-31-23-20-19-21-27-33-41(46)35-29-25-24-28-34-40(45)32-26-6-4-2/h6,20-21,23-29,34-35,40-42,45-47H,3-5,7-19,22,30-33,36-39H2,1-2H3/b23-20-,25-24-,26-6-,27-21-,34-28+,35-29+/t40-,41+,42-/m1/s1. The normalized spacial score (nSPS) is 14.2. The van der Waals surface area contributed by atoms with Crippen LogP contribution in [0.2, 0.25) is 0 Å². The fourth-order valence-corrected chi connectivity index (χ4v) is 5.29. The Balaban J connectivity index is 3.69. The van der Waals surface area contributed by atoms with E-state index in [4.69, 9.17) is 9.47 Å². The van der Waals surface area contributed by atoms with Gasteiger partial charge in [-0.15, -0.1) is 0 Å². The second kappa shape index (κ2) is 38.5. The summed E-state index contributed by atoms with van der Waals surface area (Å²) in [6.45, 7) is 3.96. The maximum atomic E-state index is 12.0. The van der Waals surface area contributed by atoms with Gasteiger partial charge >= 0.3 is 11.9 Å². The van der Waals surface area contributed by atoms with Crippen molar-refractivity contribution in [2.75, 3.05) is 13.2 Å². The predicted octanol–water partition coefficient (Wildman–Crippen LogP) is 10.5. The first-order valence-corrected chi connectivity index (χ1v) is 20.2. The summed E-state index contributed by atoms with van der Waals surface area (Å²) < 4.78 is 10.2. The molecule has 0 saturated heterocycles. The highest BCUT2D eigenvalue weighted by Gasteiger charge is 2.11. The molecule has 0 spiro atoms. The van der Waals surface area contributed by atoms with Gasteiger partial charge in [0.1, 0.15) is 19.3 Å². The van der Waals surface area contributed by atoms with Gasteiger partial charge in [-0.05, 0) is 38.5 Å². The minimum Gasteiger partial charge on any atom is -0.463 e. The van der Waals surface area contributed by atoms with Gasteiger partial charge in [0.25, 0.3) is 0 Å². The number of carbonyl (C=O) groups is 2. The number of hydrogen-bond acceptors (Lipinski definition) is 7. The van der Waals surface area contributed by atoms with E-state index in [0.717, 1.165) is 25.7 Å². The van der Waals surface area contributed by atoms with Crippen molar-refractivity contribution in [2.45, 2.75) is 180 Å². The summed E-state index contributed by atoms with van der Waals surface area (Å²) in [6.07, 6.45) is 44.6. The van der Waals surface area contributed by atoms with Crippen molar-refractivity contribution in [3.05, 3.63) is 72.9 Å². The van der Waals surface area contributed by atoms with Crippen LogP contribution in [0.1, 0.15) is 162 Å². The molecule has 0 aliphatic rings. The van der Waals surface area contributed by atoms with Crippen molar-refractivity contribution in [2.24, 2.45) is 0 Å². The Morgan fingerprint density at radius 3 is 1.43 bits per heavy atom. The van der Waals surface area contributed by atoms with Crippen LogP contribution in [0.5, 0.6) is 0 Å². The number of ether oxygens (including phenoxy) is 2. The molecule has 0 aromatic rings. The minimum atomic E-state index is -1.03. The van der Waals surface area contributed by atoms with Gasteiger partial charge in [-0.25, -0.2) is 0 Å². The summed E-state index contributed by atoms with van der Waals surface area (Å²) in [4.78, 5) is 23.9. The molecular weight excluding hydrogens is 640 g/mol. The topological polar surface area (TPSA) is 113 Å². The van der Waals surface area contributed by atoms with Crippen LogP contribution >= 0.6 is 0 Å². The molecule has 3 atom stereocenters. The quantitative estimate of drug-likeness (QED) is 0.0259. The van der Waals surface area contributed by atoms with E-state index in [1.807, 2.05) is 48.6 Å². The van der Waals surface area contributed by atoms with E-state index in [9.17, 15) is 24.9 Å². The van der Waals surface area contributed by atoms with Crippen LogP contribution in [-0.2, 0) is 19.1 Å². The summed E-state index contributed by atoms with van der Waals surface area (Å²) in [6, 6.07) is 0. The van der Waals surface area contributed by atoms with Crippen LogP contribution in [-0.4, -0.2) is 58.8 Å². The van der Waals surface area contributed by atoms with E-state index in [1.165, 1.54) is 83.5 Å². The van der Waals surface area contributed by atoms with Crippen LogP contribution in [0.3, 0.4) is 0 Å². The first-order chi connectivity index (χ1) is 24.9. The zero-order chi connectivity index (χ0) is 37.5. The van der Waals surface area contributed by atoms with Crippen molar-refractivity contribution in [1.82, 2.24) is 0 Å². The molecule has 0 bridgehead atoms. The molecule has 0 saturated carbocycles. The highest BCUT2D eigenvalue weighted by Crippen LogP contribution is 2.14. The Bertz CT molecular complexity index is 978. The van der Waals surface area contributed by atoms with E-state index in [1.54, 1.807) is 24.3 Å². The number of rotatable bonds is 35. The smallest absolute Gasteiger partial charge is 0.306 e. The highest BCUT2D eigenvalue weighted by molar-refractivity contribution is 5.70. The van der Waals surface area contributed by atoms with Gasteiger partial charge in [0.15, 0.2) is 0 Å². The van der Waals surface area contributed by atoms with Crippen LogP contribution in [0.4, 0.5) is 0 Å². The summed E-state index contributed by atoms with van der Waals surface area (Å²) >= 11 is 0. The lowest BCUT2D eigenvalue weighted by molar-refractivity contribution is -0.152. The van der Waals surface area contributed by atoms with Gasteiger partial charge in [-0.2, -0.15) is 0 Å². The Kier molecular flexibility index (Phi) is 36.4. The average molecular weight is 715 g/mol. The largest absolute Gasteiger partial charge is 0.463 e. The lowest BCUT2D eigenvalue weighted by atomic mass is 10.0. The van der Waals surface area contributed by atoms with Crippen LogP contribution < -0.4 is 0 Å². The van der Waals surface area contributed by atoms with E-state index in [2.05, 4.69) is 13.8 Å². The lowest BCUT2D eigenvalue weighted by Crippen LogP contribution is -2.25. The number of allylic oxidation sites excluding steroid dienone is 8. The summed E-state index contributed by atoms with van der Waals surface area (Å²) in [7, 11) is 0. The van der Waals surface area contributed by atoms with E-state index < -0.39 is 24.3 Å². The molecule has 0 aliphatic heterocycles. The Morgan fingerprint density at radius 2 is 0.941 bits per heavy atom.